The van der Waals surface area contributed by atoms with E-state index in [0.29, 0.717) is 6.04 Å². The fourth-order valence-electron chi connectivity index (χ4n) is 1.92. The van der Waals surface area contributed by atoms with Gasteiger partial charge in [0.1, 0.15) is 11.6 Å². The average molecular weight is 217 g/mol. The summed E-state index contributed by atoms with van der Waals surface area (Å²) in [5.41, 5.74) is 4.99. The number of benzene rings is 1. The highest BCUT2D eigenvalue weighted by Gasteiger charge is 2.22. The molecule has 1 fully saturated rings. The lowest BCUT2D eigenvalue weighted by Crippen LogP contribution is -2.31. The highest BCUT2D eigenvalue weighted by molar-refractivity contribution is 5.99. The molecule has 0 spiro atoms. The first-order valence-electron chi connectivity index (χ1n) is 5.67. The van der Waals surface area contributed by atoms with Crippen molar-refractivity contribution in [3.05, 3.63) is 29.3 Å². The molecule has 1 saturated carbocycles. The van der Waals surface area contributed by atoms with E-state index in [1.54, 1.807) is 0 Å². The van der Waals surface area contributed by atoms with E-state index >= 15 is 0 Å². The molecule has 1 aliphatic carbocycles. The van der Waals surface area contributed by atoms with Crippen LogP contribution in [0.4, 0.5) is 0 Å². The zero-order valence-electron chi connectivity index (χ0n) is 9.07. The van der Waals surface area contributed by atoms with Crippen LogP contribution in [0, 0.1) is 0 Å². The van der Waals surface area contributed by atoms with E-state index in [-0.39, 0.29) is 0 Å². The molecule has 3 N–H and O–H groups in total. The number of aliphatic imine (C=N–C) groups is 1. The first kappa shape index (κ1) is 9.66. The molecule has 4 nitrogen and oxygen atoms in total. The van der Waals surface area contributed by atoms with Crippen LogP contribution in [0.25, 0.3) is 0 Å². The number of nitrogens with two attached hydrogens (primary N) is 1. The van der Waals surface area contributed by atoms with Gasteiger partial charge in [0.05, 0.1) is 12.6 Å². The Hall–Kier alpha value is -1.55. The van der Waals surface area contributed by atoms with Crippen LogP contribution >= 0.6 is 0 Å². The van der Waals surface area contributed by atoms with E-state index < -0.39 is 0 Å². The molecule has 1 aromatic carbocycles. The van der Waals surface area contributed by atoms with Gasteiger partial charge in [0.25, 0.3) is 0 Å². The van der Waals surface area contributed by atoms with Crippen LogP contribution < -0.4 is 16.0 Å². The van der Waals surface area contributed by atoms with Gasteiger partial charge in [-0.1, -0.05) is 0 Å². The molecule has 4 heteroatoms. The Labute approximate surface area is 94.5 Å². The van der Waals surface area contributed by atoms with Crippen LogP contribution in [0.3, 0.4) is 0 Å². The molecule has 84 valence electrons. The summed E-state index contributed by atoms with van der Waals surface area (Å²) in [7, 11) is 0. The minimum absolute atomic E-state index is 0.468. The molecule has 2 aliphatic rings. The fraction of sp³-hybridized carbons (Fsp3) is 0.417. The quantitative estimate of drug-likeness (QED) is 0.336. The molecule has 16 heavy (non-hydrogen) atoms. The summed E-state index contributed by atoms with van der Waals surface area (Å²) in [4.78, 5) is 4.54. The molecule has 0 bridgehead atoms. The minimum Gasteiger partial charge on any atom is -0.493 e. The zero-order chi connectivity index (χ0) is 11.0. The molecular formula is C12H15N3O. The summed E-state index contributed by atoms with van der Waals surface area (Å²) in [6.45, 7) is 0.782. The topological polar surface area (TPSA) is 59.6 Å². The highest BCUT2D eigenvalue weighted by atomic mass is 16.5. The Balaban J connectivity index is 1.92. The highest BCUT2D eigenvalue weighted by Crippen LogP contribution is 2.27. The minimum atomic E-state index is 0.468. The smallest absolute Gasteiger partial charge is 0.142 e. The van der Waals surface area contributed by atoms with Crippen molar-refractivity contribution in [3.8, 4) is 5.75 Å². The zero-order valence-corrected chi connectivity index (χ0v) is 9.07. The lowest BCUT2D eigenvalue weighted by molar-refractivity contribution is 0.357. The number of nitrogens with zero attached hydrogens (tertiary/aromatic N) is 1. The molecule has 1 aromatic rings. The number of hydrogen-bond donors (Lipinski definition) is 2. The predicted octanol–water partition coefficient (Wildman–Crippen LogP) is 0.994. The van der Waals surface area contributed by atoms with E-state index in [0.717, 1.165) is 30.2 Å². The van der Waals surface area contributed by atoms with Crippen molar-refractivity contribution in [2.45, 2.75) is 25.3 Å². The number of hydrogen-bond acceptors (Lipinski definition) is 3. The lowest BCUT2D eigenvalue weighted by atomic mass is 10.1. The van der Waals surface area contributed by atoms with E-state index in [2.05, 4.69) is 16.5 Å². The van der Waals surface area contributed by atoms with Crippen molar-refractivity contribution < 1.29 is 4.74 Å². The molecule has 0 radical (unpaired) electrons. The maximum absolute atomic E-state index is 5.51. The summed E-state index contributed by atoms with van der Waals surface area (Å²) in [5, 5.41) is 0. The van der Waals surface area contributed by atoms with Crippen molar-refractivity contribution in [1.82, 2.24) is 5.43 Å². The van der Waals surface area contributed by atoms with Gasteiger partial charge in [-0.25, -0.2) is 5.84 Å². The molecule has 0 unspecified atom stereocenters. The number of rotatable bonds is 2. The molecular weight excluding hydrogens is 202 g/mol. The maximum Gasteiger partial charge on any atom is 0.142 e. The van der Waals surface area contributed by atoms with Crippen molar-refractivity contribution >= 4 is 5.84 Å². The van der Waals surface area contributed by atoms with Crippen molar-refractivity contribution in [2.75, 3.05) is 6.61 Å². The number of ether oxygens (including phenoxy) is 1. The number of amidine groups is 1. The monoisotopic (exact) mass is 217 g/mol. The van der Waals surface area contributed by atoms with Gasteiger partial charge in [-0.05, 0) is 36.6 Å². The summed E-state index contributed by atoms with van der Waals surface area (Å²) < 4.78 is 5.47. The Morgan fingerprint density at radius 1 is 1.44 bits per heavy atom. The maximum atomic E-state index is 5.51. The second kappa shape index (κ2) is 3.79. The number of hydrazine groups is 1. The molecule has 1 aliphatic heterocycles. The van der Waals surface area contributed by atoms with Crippen LogP contribution in [-0.2, 0) is 6.42 Å². The van der Waals surface area contributed by atoms with Crippen LogP contribution in [0.2, 0.25) is 0 Å². The first-order valence-corrected chi connectivity index (χ1v) is 5.67. The van der Waals surface area contributed by atoms with Gasteiger partial charge >= 0.3 is 0 Å². The third-order valence-corrected chi connectivity index (χ3v) is 2.96. The normalized spacial score (nSPS) is 19.2. The summed E-state index contributed by atoms with van der Waals surface area (Å²) in [6.07, 6.45) is 3.34. The third-order valence-electron chi connectivity index (χ3n) is 2.96. The van der Waals surface area contributed by atoms with E-state index in [1.165, 1.54) is 18.4 Å². The van der Waals surface area contributed by atoms with Gasteiger partial charge < -0.3 is 10.2 Å². The number of fused-ring (bicyclic) bond motifs is 1. The van der Waals surface area contributed by atoms with Gasteiger partial charge in [0, 0.05) is 12.0 Å². The molecule has 0 saturated heterocycles. The standard InChI is InChI=1S/C12H15N3O/c13-15-12(14-10-2-3-10)9-1-4-11-8(7-9)5-6-16-11/h1,4,7,10H,2-3,5-6,13H2,(H,14,15). The van der Waals surface area contributed by atoms with Gasteiger partial charge in [-0.2, -0.15) is 0 Å². The van der Waals surface area contributed by atoms with Gasteiger partial charge in [0.2, 0.25) is 0 Å². The van der Waals surface area contributed by atoms with E-state index in [9.17, 15) is 0 Å². The number of nitrogens with one attached hydrogen (secondary N) is 1. The Morgan fingerprint density at radius 3 is 3.06 bits per heavy atom. The van der Waals surface area contributed by atoms with Crippen molar-refractivity contribution in [3.63, 3.8) is 0 Å². The summed E-state index contributed by atoms with van der Waals surface area (Å²) in [5.74, 6) is 7.30. The van der Waals surface area contributed by atoms with Crippen LogP contribution in [0.15, 0.2) is 23.2 Å². The van der Waals surface area contributed by atoms with Gasteiger partial charge in [0.15, 0.2) is 0 Å². The Bertz CT molecular complexity index is 438. The van der Waals surface area contributed by atoms with Crippen molar-refractivity contribution in [2.24, 2.45) is 10.8 Å². The second-order valence-corrected chi connectivity index (χ2v) is 4.27. The van der Waals surface area contributed by atoms with Crippen LogP contribution in [0.5, 0.6) is 5.75 Å². The summed E-state index contributed by atoms with van der Waals surface area (Å²) >= 11 is 0. The molecule has 0 amide bonds. The third kappa shape index (κ3) is 1.76. The Kier molecular flexibility index (Phi) is 2.29. The van der Waals surface area contributed by atoms with Gasteiger partial charge in [-0.15, -0.1) is 0 Å². The van der Waals surface area contributed by atoms with Crippen molar-refractivity contribution in [1.29, 1.82) is 0 Å². The predicted molar refractivity (Wildman–Crippen MR) is 62.5 cm³/mol. The van der Waals surface area contributed by atoms with Crippen LogP contribution in [-0.4, -0.2) is 18.5 Å². The van der Waals surface area contributed by atoms with Crippen LogP contribution in [0.1, 0.15) is 24.0 Å². The SMILES string of the molecule is NNC(=NC1CC1)c1ccc2c(c1)CCO2. The second-order valence-electron chi connectivity index (χ2n) is 4.27. The average Bonchev–Trinajstić information content (AvgIpc) is 3.01. The summed E-state index contributed by atoms with van der Waals surface area (Å²) in [6, 6.07) is 6.59. The lowest BCUT2D eigenvalue weighted by Gasteiger charge is -2.07. The Morgan fingerprint density at radius 2 is 2.31 bits per heavy atom. The van der Waals surface area contributed by atoms with Gasteiger partial charge in [-0.3, -0.25) is 4.99 Å². The molecule has 1 heterocycles. The molecule has 0 aromatic heterocycles. The molecule has 0 atom stereocenters. The largest absolute Gasteiger partial charge is 0.493 e. The molecule has 3 rings (SSSR count). The first-order chi connectivity index (χ1) is 7.86. The van der Waals surface area contributed by atoms with E-state index in [1.807, 2.05) is 12.1 Å². The van der Waals surface area contributed by atoms with E-state index in [4.69, 9.17) is 10.6 Å². The fourth-order valence-corrected chi connectivity index (χ4v) is 1.92.